The predicted molar refractivity (Wildman–Crippen MR) is 187 cm³/mol. The average Bonchev–Trinajstić information content (AvgIpc) is 3.04. The Hall–Kier alpha value is -3.68. The highest BCUT2D eigenvalue weighted by Gasteiger charge is 2.31. The van der Waals surface area contributed by atoms with Gasteiger partial charge in [0.1, 0.15) is 17.5 Å². The maximum absolute atomic E-state index is 13.2. The van der Waals surface area contributed by atoms with Gasteiger partial charge in [0.05, 0.1) is 13.2 Å². The van der Waals surface area contributed by atoms with E-state index < -0.39 is 24.0 Å². The van der Waals surface area contributed by atoms with Crippen LogP contribution in [0.1, 0.15) is 141 Å². The van der Waals surface area contributed by atoms with Crippen LogP contribution in [0.5, 0.6) is 5.75 Å². The summed E-state index contributed by atoms with van der Waals surface area (Å²) in [7, 11) is 0. The van der Waals surface area contributed by atoms with Gasteiger partial charge in [0.2, 0.25) is 5.91 Å². The summed E-state index contributed by atoms with van der Waals surface area (Å²) in [5.41, 5.74) is 1.67. The molecule has 0 aliphatic rings. The number of nitrogens with zero attached hydrogens (tertiary/aromatic N) is 1. The third kappa shape index (κ3) is 14.7. The molecule has 2 unspecified atom stereocenters. The van der Waals surface area contributed by atoms with Crippen LogP contribution in [0.2, 0.25) is 0 Å². The van der Waals surface area contributed by atoms with E-state index in [0.29, 0.717) is 23.4 Å². The van der Waals surface area contributed by atoms with Gasteiger partial charge in [-0.1, -0.05) is 121 Å². The number of aliphatic carboxylic acids is 1. The van der Waals surface area contributed by atoms with Crippen LogP contribution in [0, 0.1) is 0 Å². The van der Waals surface area contributed by atoms with Crippen molar-refractivity contribution in [3.8, 4) is 5.75 Å². The van der Waals surface area contributed by atoms with E-state index in [0.717, 1.165) is 50.5 Å². The number of carbonyl (C=O) groups is 4. The zero-order valence-electron chi connectivity index (χ0n) is 29.1. The fourth-order valence-electron chi connectivity index (χ4n) is 5.71. The highest BCUT2D eigenvalue weighted by molar-refractivity contribution is 6.05. The van der Waals surface area contributed by atoms with Crippen molar-refractivity contribution in [2.24, 2.45) is 0 Å². The van der Waals surface area contributed by atoms with Gasteiger partial charge >= 0.3 is 11.9 Å². The van der Waals surface area contributed by atoms with E-state index in [-0.39, 0.29) is 24.8 Å². The quantitative estimate of drug-likeness (QED) is 0.0647. The molecule has 2 aromatic rings. The molecular weight excluding hydrogens is 594 g/mol. The Morgan fingerprint density at radius 3 is 1.83 bits per heavy atom. The first-order valence-electron chi connectivity index (χ1n) is 17.7. The molecule has 0 aliphatic heterocycles. The maximum atomic E-state index is 13.2. The minimum atomic E-state index is -1.14. The second kappa shape index (κ2) is 22.8. The lowest BCUT2D eigenvalue weighted by atomic mass is 9.93. The molecule has 1 N–H and O–H groups in total. The molecule has 0 spiro atoms. The summed E-state index contributed by atoms with van der Waals surface area (Å²) in [5, 5.41) is 9.60. The van der Waals surface area contributed by atoms with Gasteiger partial charge in [-0.2, -0.15) is 0 Å². The monoisotopic (exact) mass is 651 g/mol. The SMILES string of the molecule is CCCCCCCCCCCCOC(=O)C(C(C)=O)c1ccccc1N(Cc1ccc(OC(CCCCCC)C(=O)O)cc1)C(C)=O. The molecule has 0 bridgehead atoms. The number of para-hydroxylation sites is 1. The van der Waals surface area contributed by atoms with Crippen molar-refractivity contribution in [3.63, 3.8) is 0 Å². The number of Topliss-reactive ketones (excluding diaryl/α,β-unsaturated/α-hetero) is 1. The number of carbonyl (C=O) groups excluding carboxylic acids is 3. The first-order valence-corrected chi connectivity index (χ1v) is 17.7. The van der Waals surface area contributed by atoms with Crippen LogP contribution in [-0.4, -0.2) is 41.4 Å². The lowest BCUT2D eigenvalue weighted by molar-refractivity contribution is -0.148. The Morgan fingerprint density at radius 2 is 1.28 bits per heavy atom. The molecule has 0 aliphatic carbocycles. The minimum absolute atomic E-state index is 0.185. The summed E-state index contributed by atoms with van der Waals surface area (Å²) in [6.45, 7) is 7.58. The van der Waals surface area contributed by atoms with Crippen LogP contribution in [0.3, 0.4) is 0 Å². The summed E-state index contributed by atoms with van der Waals surface area (Å²) in [6.07, 6.45) is 15.1. The van der Waals surface area contributed by atoms with Crippen molar-refractivity contribution in [2.75, 3.05) is 11.5 Å². The molecule has 0 radical (unpaired) electrons. The number of benzene rings is 2. The molecule has 0 saturated heterocycles. The molecular formula is C39H57NO7. The van der Waals surface area contributed by atoms with Crippen molar-refractivity contribution in [2.45, 2.75) is 143 Å². The van der Waals surface area contributed by atoms with E-state index in [1.165, 1.54) is 63.7 Å². The molecule has 2 atom stereocenters. The Balaban J connectivity index is 2.03. The number of ether oxygens (including phenoxy) is 2. The first kappa shape index (κ1) is 39.5. The van der Waals surface area contributed by atoms with Gasteiger partial charge in [0.25, 0.3) is 0 Å². The van der Waals surface area contributed by atoms with E-state index >= 15 is 0 Å². The standard InChI is InChI=1S/C39H57NO7/c1-5-7-9-11-12-13-14-15-16-20-28-46-39(45)37(30(3)41)34-21-18-19-22-35(34)40(31(4)42)29-32-24-26-33(27-25-32)47-36(38(43)44)23-17-10-8-6-2/h18-19,21-22,24-27,36-37H,5-17,20,23,28-29H2,1-4H3,(H,43,44). The molecule has 8 nitrogen and oxygen atoms in total. The van der Waals surface area contributed by atoms with Crippen molar-refractivity contribution in [1.82, 2.24) is 0 Å². The van der Waals surface area contributed by atoms with Crippen LogP contribution >= 0.6 is 0 Å². The van der Waals surface area contributed by atoms with E-state index in [4.69, 9.17) is 9.47 Å². The highest BCUT2D eigenvalue weighted by Crippen LogP contribution is 2.31. The summed E-state index contributed by atoms with van der Waals surface area (Å²) in [5.74, 6) is -2.90. The molecule has 0 aromatic heterocycles. The lowest BCUT2D eigenvalue weighted by Crippen LogP contribution is -2.31. The molecule has 47 heavy (non-hydrogen) atoms. The summed E-state index contributed by atoms with van der Waals surface area (Å²) in [4.78, 5) is 52.2. The van der Waals surface area contributed by atoms with Gasteiger partial charge < -0.3 is 19.5 Å². The van der Waals surface area contributed by atoms with Gasteiger partial charge in [0, 0.05) is 12.6 Å². The smallest absolute Gasteiger partial charge is 0.344 e. The topological polar surface area (TPSA) is 110 Å². The molecule has 260 valence electrons. The van der Waals surface area contributed by atoms with Crippen LogP contribution in [0.15, 0.2) is 48.5 Å². The molecule has 8 heteroatoms. The number of carboxylic acid groups (broad SMARTS) is 1. The second-order valence-electron chi connectivity index (χ2n) is 12.5. The Labute approximate surface area is 282 Å². The average molecular weight is 652 g/mol. The Kier molecular flexibility index (Phi) is 19.1. The number of anilines is 1. The number of rotatable bonds is 25. The number of esters is 1. The summed E-state index contributed by atoms with van der Waals surface area (Å²) in [6, 6.07) is 13.9. The molecule has 0 fully saturated rings. The van der Waals surface area contributed by atoms with Crippen LogP contribution in [-0.2, 0) is 30.5 Å². The maximum Gasteiger partial charge on any atom is 0.344 e. The van der Waals surface area contributed by atoms with Crippen molar-refractivity contribution in [1.29, 1.82) is 0 Å². The van der Waals surface area contributed by atoms with Gasteiger partial charge in [0.15, 0.2) is 6.10 Å². The fourth-order valence-corrected chi connectivity index (χ4v) is 5.71. The van der Waals surface area contributed by atoms with Crippen LogP contribution in [0.25, 0.3) is 0 Å². The first-order chi connectivity index (χ1) is 22.7. The van der Waals surface area contributed by atoms with E-state index in [9.17, 15) is 24.3 Å². The summed E-state index contributed by atoms with van der Waals surface area (Å²) >= 11 is 0. The van der Waals surface area contributed by atoms with E-state index in [1.54, 1.807) is 48.5 Å². The number of hydrogen-bond acceptors (Lipinski definition) is 6. The summed E-state index contributed by atoms with van der Waals surface area (Å²) < 4.78 is 11.3. The zero-order valence-corrected chi connectivity index (χ0v) is 29.1. The van der Waals surface area contributed by atoms with Crippen LogP contribution < -0.4 is 9.64 Å². The van der Waals surface area contributed by atoms with Crippen molar-refractivity contribution < 1.29 is 33.8 Å². The Morgan fingerprint density at radius 1 is 0.723 bits per heavy atom. The normalized spacial score (nSPS) is 12.3. The van der Waals surface area contributed by atoms with Crippen LogP contribution in [0.4, 0.5) is 5.69 Å². The molecule has 2 aromatic carbocycles. The zero-order chi connectivity index (χ0) is 34.4. The largest absolute Gasteiger partial charge is 0.479 e. The molecule has 1 amide bonds. The predicted octanol–water partition coefficient (Wildman–Crippen LogP) is 9.18. The third-order valence-corrected chi connectivity index (χ3v) is 8.44. The Bertz CT molecular complexity index is 1230. The molecule has 0 saturated carbocycles. The lowest BCUT2D eigenvalue weighted by Gasteiger charge is -2.26. The minimum Gasteiger partial charge on any atom is -0.479 e. The van der Waals surface area contributed by atoms with Gasteiger partial charge in [-0.25, -0.2) is 4.79 Å². The second-order valence-corrected chi connectivity index (χ2v) is 12.5. The third-order valence-electron chi connectivity index (χ3n) is 8.44. The van der Waals surface area contributed by atoms with Crippen molar-refractivity contribution >= 4 is 29.3 Å². The number of hydrogen-bond donors (Lipinski definition) is 1. The van der Waals surface area contributed by atoms with Gasteiger partial charge in [-0.15, -0.1) is 0 Å². The number of unbranched alkanes of at least 4 members (excludes halogenated alkanes) is 12. The number of ketones is 1. The number of carboxylic acids is 1. The van der Waals surface area contributed by atoms with Gasteiger partial charge in [-0.3, -0.25) is 14.4 Å². The van der Waals surface area contributed by atoms with Crippen molar-refractivity contribution in [3.05, 3.63) is 59.7 Å². The van der Waals surface area contributed by atoms with E-state index in [1.807, 2.05) is 0 Å². The van der Waals surface area contributed by atoms with E-state index in [2.05, 4.69) is 13.8 Å². The molecule has 0 heterocycles. The fraction of sp³-hybridized carbons (Fsp3) is 0.590. The highest BCUT2D eigenvalue weighted by atomic mass is 16.5. The molecule has 2 rings (SSSR count). The van der Waals surface area contributed by atoms with Gasteiger partial charge in [-0.05, 0) is 55.5 Å². The number of amides is 1.